The van der Waals surface area contributed by atoms with Gasteiger partial charge in [-0.25, -0.2) is 9.78 Å². The van der Waals surface area contributed by atoms with Crippen LogP contribution in [-0.2, 0) is 0 Å². The van der Waals surface area contributed by atoms with Crippen LogP contribution in [0.5, 0.6) is 0 Å². The van der Waals surface area contributed by atoms with Crippen molar-refractivity contribution in [1.29, 1.82) is 0 Å². The SMILES string of the molecule is O=C(Nc1cccc(Cl)c1C(=O)O)c1cccc(Cl)n1. The molecule has 0 aliphatic heterocycles. The molecule has 1 heterocycles. The zero-order chi connectivity index (χ0) is 14.7. The van der Waals surface area contributed by atoms with Gasteiger partial charge in [0.15, 0.2) is 0 Å². The third kappa shape index (κ3) is 3.07. The lowest BCUT2D eigenvalue weighted by atomic mass is 10.1. The maximum atomic E-state index is 12.0. The highest BCUT2D eigenvalue weighted by Crippen LogP contribution is 2.24. The van der Waals surface area contributed by atoms with Gasteiger partial charge in [0.25, 0.3) is 5.91 Å². The molecule has 0 bridgehead atoms. The van der Waals surface area contributed by atoms with E-state index in [-0.39, 0.29) is 27.1 Å². The largest absolute Gasteiger partial charge is 0.478 e. The average Bonchev–Trinajstić information content (AvgIpc) is 2.38. The van der Waals surface area contributed by atoms with Gasteiger partial charge in [-0.15, -0.1) is 0 Å². The number of carboxylic acid groups (broad SMARTS) is 1. The highest BCUT2D eigenvalue weighted by Gasteiger charge is 2.17. The third-order valence-corrected chi connectivity index (χ3v) is 2.95. The van der Waals surface area contributed by atoms with Crippen LogP contribution in [0, 0.1) is 0 Å². The van der Waals surface area contributed by atoms with Crippen molar-refractivity contribution >= 4 is 40.8 Å². The van der Waals surface area contributed by atoms with Crippen molar-refractivity contribution in [2.75, 3.05) is 5.32 Å². The Labute approximate surface area is 124 Å². The van der Waals surface area contributed by atoms with Gasteiger partial charge in [-0.2, -0.15) is 0 Å². The van der Waals surface area contributed by atoms with Gasteiger partial charge in [-0.05, 0) is 24.3 Å². The second-order valence-corrected chi connectivity index (χ2v) is 4.56. The molecule has 1 amide bonds. The van der Waals surface area contributed by atoms with E-state index in [0.29, 0.717) is 0 Å². The van der Waals surface area contributed by atoms with Gasteiger partial charge in [0, 0.05) is 0 Å². The van der Waals surface area contributed by atoms with Crippen LogP contribution in [0.25, 0.3) is 0 Å². The number of carboxylic acids is 1. The molecule has 102 valence electrons. The van der Waals surface area contributed by atoms with Gasteiger partial charge >= 0.3 is 5.97 Å². The lowest BCUT2D eigenvalue weighted by molar-refractivity contribution is 0.0698. The second-order valence-electron chi connectivity index (χ2n) is 3.77. The fourth-order valence-corrected chi connectivity index (χ4v) is 1.99. The van der Waals surface area contributed by atoms with Crippen LogP contribution >= 0.6 is 23.2 Å². The molecule has 0 atom stereocenters. The molecule has 1 aromatic heterocycles. The van der Waals surface area contributed by atoms with Gasteiger partial charge < -0.3 is 10.4 Å². The molecule has 7 heteroatoms. The minimum absolute atomic E-state index is 0.0364. The molecular weight excluding hydrogens is 303 g/mol. The number of amides is 1. The third-order valence-electron chi connectivity index (χ3n) is 2.42. The molecule has 0 unspecified atom stereocenters. The molecule has 0 saturated carbocycles. The van der Waals surface area contributed by atoms with Crippen molar-refractivity contribution in [1.82, 2.24) is 4.98 Å². The maximum Gasteiger partial charge on any atom is 0.339 e. The van der Waals surface area contributed by atoms with E-state index < -0.39 is 11.9 Å². The first-order valence-electron chi connectivity index (χ1n) is 5.45. The molecule has 0 spiro atoms. The van der Waals surface area contributed by atoms with Gasteiger partial charge in [-0.1, -0.05) is 35.3 Å². The highest BCUT2D eigenvalue weighted by molar-refractivity contribution is 6.34. The van der Waals surface area contributed by atoms with Crippen molar-refractivity contribution in [2.45, 2.75) is 0 Å². The summed E-state index contributed by atoms with van der Waals surface area (Å²) >= 11 is 11.5. The van der Waals surface area contributed by atoms with Crippen LogP contribution in [-0.4, -0.2) is 22.0 Å². The summed E-state index contributed by atoms with van der Waals surface area (Å²) in [5.74, 6) is -1.80. The normalized spacial score (nSPS) is 10.1. The fraction of sp³-hybridized carbons (Fsp3) is 0. The molecule has 1 aromatic carbocycles. The van der Waals surface area contributed by atoms with Gasteiger partial charge in [0.1, 0.15) is 16.4 Å². The molecule has 2 aromatic rings. The summed E-state index contributed by atoms with van der Waals surface area (Å²) in [5.41, 5.74) is -0.00451. The van der Waals surface area contributed by atoms with Crippen molar-refractivity contribution in [2.24, 2.45) is 0 Å². The molecule has 2 N–H and O–H groups in total. The lowest BCUT2D eigenvalue weighted by Crippen LogP contribution is -2.16. The first kappa shape index (κ1) is 14.3. The Morgan fingerprint density at radius 3 is 2.45 bits per heavy atom. The van der Waals surface area contributed by atoms with Crippen molar-refractivity contribution in [3.63, 3.8) is 0 Å². The number of aromatic nitrogens is 1. The maximum absolute atomic E-state index is 12.0. The first-order valence-corrected chi connectivity index (χ1v) is 6.20. The molecule has 5 nitrogen and oxygen atoms in total. The monoisotopic (exact) mass is 310 g/mol. The summed E-state index contributed by atoms with van der Waals surface area (Å²) in [4.78, 5) is 27.0. The van der Waals surface area contributed by atoms with E-state index in [1.165, 1.54) is 30.3 Å². The molecule has 20 heavy (non-hydrogen) atoms. The average molecular weight is 311 g/mol. The summed E-state index contributed by atoms with van der Waals surface area (Å²) < 4.78 is 0. The Bertz CT molecular complexity index is 689. The smallest absolute Gasteiger partial charge is 0.339 e. The van der Waals surface area contributed by atoms with Crippen LogP contribution in [0.2, 0.25) is 10.2 Å². The number of carbonyl (C=O) groups is 2. The van der Waals surface area contributed by atoms with Gasteiger partial charge in [-0.3, -0.25) is 4.79 Å². The first-order chi connectivity index (χ1) is 9.49. The topological polar surface area (TPSA) is 79.3 Å². The number of aromatic carboxylic acids is 1. The van der Waals surface area contributed by atoms with Crippen LogP contribution in [0.1, 0.15) is 20.8 Å². The summed E-state index contributed by atoms with van der Waals surface area (Å²) in [7, 11) is 0. The molecule has 0 radical (unpaired) electrons. The fourth-order valence-electron chi connectivity index (χ4n) is 1.57. The molecule has 0 aliphatic carbocycles. The molecule has 0 saturated heterocycles. The van der Waals surface area contributed by atoms with Crippen LogP contribution in [0.15, 0.2) is 36.4 Å². The van der Waals surface area contributed by atoms with Crippen LogP contribution in [0.4, 0.5) is 5.69 Å². The van der Waals surface area contributed by atoms with Gasteiger partial charge in [0.05, 0.1) is 10.7 Å². The zero-order valence-electron chi connectivity index (χ0n) is 9.93. The Morgan fingerprint density at radius 1 is 1.10 bits per heavy atom. The number of hydrogen-bond donors (Lipinski definition) is 2. The lowest BCUT2D eigenvalue weighted by Gasteiger charge is -2.09. The molecule has 0 aliphatic rings. The number of rotatable bonds is 3. The quantitative estimate of drug-likeness (QED) is 0.852. The van der Waals surface area contributed by atoms with Crippen LogP contribution in [0.3, 0.4) is 0 Å². The van der Waals surface area contributed by atoms with E-state index in [0.717, 1.165) is 0 Å². The van der Waals surface area contributed by atoms with Crippen molar-refractivity contribution in [3.05, 3.63) is 57.8 Å². The summed E-state index contributed by atoms with van der Waals surface area (Å²) in [6.07, 6.45) is 0. The van der Waals surface area contributed by atoms with E-state index in [1.807, 2.05) is 0 Å². The standard InChI is InChI=1S/C13H8Cl2N2O3/c14-7-3-1-4-8(11(7)13(19)20)17-12(18)9-5-2-6-10(15)16-9/h1-6H,(H,17,18)(H,19,20). The van der Waals surface area contributed by atoms with E-state index in [4.69, 9.17) is 28.3 Å². The van der Waals surface area contributed by atoms with E-state index in [1.54, 1.807) is 6.07 Å². The Morgan fingerprint density at radius 2 is 1.80 bits per heavy atom. The number of carbonyl (C=O) groups excluding carboxylic acids is 1. The number of nitrogens with one attached hydrogen (secondary N) is 1. The van der Waals surface area contributed by atoms with E-state index in [2.05, 4.69) is 10.3 Å². The number of pyridine rings is 1. The van der Waals surface area contributed by atoms with Gasteiger partial charge in [0.2, 0.25) is 0 Å². The minimum atomic E-state index is -1.23. The number of hydrogen-bond acceptors (Lipinski definition) is 3. The van der Waals surface area contributed by atoms with Crippen molar-refractivity contribution in [3.8, 4) is 0 Å². The van der Waals surface area contributed by atoms with E-state index >= 15 is 0 Å². The Balaban J connectivity index is 2.33. The summed E-state index contributed by atoms with van der Waals surface area (Å²) in [6, 6.07) is 8.97. The van der Waals surface area contributed by atoms with Crippen LogP contribution < -0.4 is 5.32 Å². The second kappa shape index (κ2) is 5.90. The number of benzene rings is 1. The Kier molecular flexibility index (Phi) is 4.22. The molecular formula is C13H8Cl2N2O3. The molecule has 0 fully saturated rings. The summed E-state index contributed by atoms with van der Waals surface area (Å²) in [6.45, 7) is 0. The minimum Gasteiger partial charge on any atom is -0.478 e. The number of nitrogens with zero attached hydrogens (tertiary/aromatic N) is 1. The number of halogens is 2. The highest BCUT2D eigenvalue weighted by atomic mass is 35.5. The molecule has 2 rings (SSSR count). The van der Waals surface area contributed by atoms with E-state index in [9.17, 15) is 9.59 Å². The summed E-state index contributed by atoms with van der Waals surface area (Å²) in [5, 5.41) is 11.8. The Hall–Kier alpha value is -2.11. The predicted molar refractivity (Wildman–Crippen MR) is 75.6 cm³/mol. The van der Waals surface area contributed by atoms with Crippen molar-refractivity contribution < 1.29 is 14.7 Å². The number of anilines is 1. The zero-order valence-corrected chi connectivity index (χ0v) is 11.4. The predicted octanol–water partition coefficient (Wildman–Crippen LogP) is 3.34.